The Morgan fingerprint density at radius 1 is 0.906 bits per heavy atom. The summed E-state index contributed by atoms with van der Waals surface area (Å²) < 4.78 is 5.41. The van der Waals surface area contributed by atoms with Gasteiger partial charge >= 0.3 is 6.09 Å². The van der Waals surface area contributed by atoms with E-state index in [1.807, 2.05) is 27.7 Å². The predicted molar refractivity (Wildman–Crippen MR) is 204 cm³/mol. The molecule has 4 amide bonds. The standard InChI is InChI=1S/C38H56N4O8.C3H8/c1-11-15-24(31(45)28(44)18-22(2)33(46)39-29(34(47)41(9)10)23-16-13-12-14-17-23)20-27(43)30-26-19-25(26)21-42(30)35(48)32(37(3,4)5)40-36(49)50-38(6,7)8;1-3-2/h12-14,16-17,22,24-26,29-30,32H,11,15,18-21H2,1-10H3,(H,39,46)(H,40,49);3H2,1-2H3/t22-,24?,25+,26+,29+,30+,32-;/m1./s1. The van der Waals surface area contributed by atoms with Gasteiger partial charge in [0.15, 0.2) is 11.6 Å². The topological polar surface area (TPSA) is 159 Å². The van der Waals surface area contributed by atoms with Crippen LogP contribution in [0.2, 0.25) is 0 Å². The van der Waals surface area contributed by atoms with Crippen LogP contribution in [0.5, 0.6) is 0 Å². The number of alkyl carbamates (subject to hydrolysis) is 1. The van der Waals surface area contributed by atoms with Gasteiger partial charge in [-0.25, -0.2) is 4.79 Å². The van der Waals surface area contributed by atoms with Crippen molar-refractivity contribution in [2.45, 2.75) is 131 Å². The normalized spacial score (nSPS) is 19.9. The Morgan fingerprint density at radius 2 is 1.49 bits per heavy atom. The van der Waals surface area contributed by atoms with E-state index in [0.29, 0.717) is 24.9 Å². The average Bonchev–Trinajstić information content (AvgIpc) is 3.72. The number of nitrogens with one attached hydrogen (secondary N) is 2. The van der Waals surface area contributed by atoms with Crippen molar-refractivity contribution in [1.82, 2.24) is 20.4 Å². The molecule has 0 aromatic heterocycles. The minimum atomic E-state index is -0.960. The van der Waals surface area contributed by atoms with Gasteiger partial charge in [0.05, 0.1) is 6.04 Å². The zero-order chi connectivity index (χ0) is 40.4. The maximum Gasteiger partial charge on any atom is 0.408 e. The van der Waals surface area contributed by atoms with E-state index in [-0.39, 0.29) is 42.3 Å². The number of hydrogen-bond donors (Lipinski definition) is 2. The number of carbonyl (C=O) groups excluding carboxylic acids is 7. The third kappa shape index (κ3) is 13.1. The van der Waals surface area contributed by atoms with Crippen molar-refractivity contribution in [2.75, 3.05) is 20.6 Å². The lowest BCUT2D eigenvalue weighted by Crippen LogP contribution is -2.58. The van der Waals surface area contributed by atoms with Crippen LogP contribution in [0.4, 0.5) is 4.79 Å². The number of ketones is 3. The minimum absolute atomic E-state index is 0.0344. The Bertz CT molecular complexity index is 1460. The highest BCUT2D eigenvalue weighted by Gasteiger charge is 2.58. The average molecular weight is 741 g/mol. The fraction of sp³-hybridized carbons (Fsp3) is 0.683. The fourth-order valence-electron chi connectivity index (χ4n) is 6.56. The van der Waals surface area contributed by atoms with Crippen LogP contribution in [0.1, 0.15) is 119 Å². The second kappa shape index (κ2) is 19.3. The second-order valence-corrected chi connectivity index (χ2v) is 16.9. The van der Waals surface area contributed by atoms with Gasteiger partial charge in [0.25, 0.3) is 0 Å². The number of amides is 4. The number of likely N-dealkylation sites (N-methyl/N-ethyl adjacent to an activating group) is 1. The Morgan fingerprint density at radius 3 is 2.00 bits per heavy atom. The first-order chi connectivity index (χ1) is 24.6. The number of likely N-dealkylation sites (tertiary alicyclic amines) is 1. The van der Waals surface area contributed by atoms with E-state index in [2.05, 4.69) is 24.5 Å². The second-order valence-electron chi connectivity index (χ2n) is 16.9. The van der Waals surface area contributed by atoms with Crippen LogP contribution in [0.15, 0.2) is 30.3 Å². The molecule has 53 heavy (non-hydrogen) atoms. The zero-order valence-corrected chi connectivity index (χ0v) is 34.0. The number of hydrogen-bond acceptors (Lipinski definition) is 8. The van der Waals surface area contributed by atoms with Gasteiger partial charge < -0.3 is 25.2 Å². The quantitative estimate of drug-likeness (QED) is 0.218. The highest BCUT2D eigenvalue weighted by atomic mass is 16.6. The van der Waals surface area contributed by atoms with Crippen LogP contribution >= 0.6 is 0 Å². The molecule has 1 saturated carbocycles. The Hall–Kier alpha value is -4.09. The number of carbonyl (C=O) groups is 7. The van der Waals surface area contributed by atoms with Crippen LogP contribution in [-0.2, 0) is 33.5 Å². The van der Waals surface area contributed by atoms with Crippen LogP contribution < -0.4 is 10.6 Å². The van der Waals surface area contributed by atoms with Crippen molar-refractivity contribution in [3.05, 3.63) is 35.9 Å². The molecule has 1 aliphatic carbocycles. The molecule has 1 unspecified atom stereocenters. The maximum atomic E-state index is 14.0. The molecular weight excluding hydrogens is 676 g/mol. The van der Waals surface area contributed by atoms with Crippen LogP contribution in [0, 0.1) is 29.1 Å². The van der Waals surface area contributed by atoms with E-state index < -0.39 is 64.5 Å². The van der Waals surface area contributed by atoms with Gasteiger partial charge in [-0.05, 0) is 56.4 Å². The molecule has 1 aromatic carbocycles. The third-order valence-electron chi connectivity index (χ3n) is 9.31. The van der Waals surface area contributed by atoms with Gasteiger partial charge in [0, 0.05) is 45.3 Å². The van der Waals surface area contributed by atoms with Crippen molar-refractivity contribution in [3.63, 3.8) is 0 Å². The van der Waals surface area contributed by atoms with Gasteiger partial charge in [-0.15, -0.1) is 0 Å². The van der Waals surface area contributed by atoms with E-state index >= 15 is 0 Å². The van der Waals surface area contributed by atoms with E-state index in [0.717, 1.165) is 6.42 Å². The van der Waals surface area contributed by atoms with Gasteiger partial charge in [-0.1, -0.05) is 91.6 Å². The van der Waals surface area contributed by atoms with Crippen molar-refractivity contribution in [3.8, 4) is 0 Å². The summed E-state index contributed by atoms with van der Waals surface area (Å²) in [6.07, 6.45) is 1.57. The molecule has 0 radical (unpaired) electrons. The summed E-state index contributed by atoms with van der Waals surface area (Å²) in [7, 11) is 3.17. The Balaban J connectivity index is 0.00000313. The lowest BCUT2D eigenvalue weighted by molar-refractivity contribution is -0.144. The number of rotatable bonds is 15. The zero-order valence-electron chi connectivity index (χ0n) is 34.0. The highest BCUT2D eigenvalue weighted by molar-refractivity contribution is 6.38. The minimum Gasteiger partial charge on any atom is -0.444 e. The molecule has 1 saturated heterocycles. The number of piperidine rings is 1. The van der Waals surface area contributed by atoms with Gasteiger partial charge in [0.1, 0.15) is 17.7 Å². The van der Waals surface area contributed by atoms with Gasteiger partial charge in [0.2, 0.25) is 23.5 Å². The molecule has 2 N–H and O–H groups in total. The van der Waals surface area contributed by atoms with Crippen LogP contribution in [0.25, 0.3) is 0 Å². The number of Topliss-reactive ketones (excluding diaryl/α,β-unsaturated/α-hetero) is 3. The van der Waals surface area contributed by atoms with E-state index in [9.17, 15) is 33.6 Å². The summed E-state index contributed by atoms with van der Waals surface area (Å²) in [6, 6.07) is 6.08. The predicted octanol–water partition coefficient (Wildman–Crippen LogP) is 5.67. The SMILES string of the molecule is CCC.CCCC(CC(=O)[C@@H]1[C@H]2C[C@H]2CN1C(=O)[C@@H](NC(=O)OC(C)(C)C)C(C)(C)C)C(=O)C(=O)C[C@@H](C)C(=O)N[C@H](C(=O)N(C)C)c1ccccc1. The molecular formula is C41H64N4O8. The fourth-order valence-corrected chi connectivity index (χ4v) is 6.56. The maximum absolute atomic E-state index is 14.0. The smallest absolute Gasteiger partial charge is 0.408 e. The molecule has 1 aromatic rings. The third-order valence-corrected chi connectivity index (χ3v) is 9.31. The van der Waals surface area contributed by atoms with Crippen molar-refractivity contribution in [1.29, 1.82) is 0 Å². The summed E-state index contributed by atoms with van der Waals surface area (Å²) in [6.45, 7) is 18.7. The Kier molecular flexibility index (Phi) is 16.4. The first-order valence-corrected chi connectivity index (χ1v) is 19.0. The molecule has 0 spiro atoms. The van der Waals surface area contributed by atoms with Crippen LogP contribution in [-0.4, -0.2) is 89.3 Å². The lowest BCUT2D eigenvalue weighted by Gasteiger charge is -2.37. The van der Waals surface area contributed by atoms with Crippen molar-refractivity contribution < 1.29 is 38.3 Å². The van der Waals surface area contributed by atoms with Crippen molar-refractivity contribution in [2.24, 2.45) is 29.1 Å². The monoisotopic (exact) mass is 740 g/mol. The summed E-state index contributed by atoms with van der Waals surface area (Å²) in [5.74, 6) is -4.71. The summed E-state index contributed by atoms with van der Waals surface area (Å²) >= 11 is 0. The van der Waals surface area contributed by atoms with Gasteiger partial charge in [-0.3, -0.25) is 28.8 Å². The molecule has 12 nitrogen and oxygen atoms in total. The number of ether oxygens (including phenoxy) is 1. The number of benzene rings is 1. The van der Waals surface area contributed by atoms with Gasteiger partial charge in [-0.2, -0.15) is 0 Å². The molecule has 296 valence electrons. The summed E-state index contributed by atoms with van der Waals surface area (Å²) in [5.41, 5.74) is -0.869. The summed E-state index contributed by atoms with van der Waals surface area (Å²) in [5, 5.41) is 5.45. The molecule has 1 aliphatic heterocycles. The molecule has 12 heteroatoms. The first-order valence-electron chi connectivity index (χ1n) is 19.0. The van der Waals surface area contributed by atoms with Crippen LogP contribution in [0.3, 0.4) is 0 Å². The number of fused-ring (bicyclic) bond motifs is 1. The molecule has 7 atom stereocenters. The largest absolute Gasteiger partial charge is 0.444 e. The molecule has 2 aliphatic rings. The summed E-state index contributed by atoms with van der Waals surface area (Å²) in [4.78, 5) is 96.4. The molecule has 3 rings (SSSR count). The highest BCUT2D eigenvalue weighted by Crippen LogP contribution is 2.51. The molecule has 1 heterocycles. The lowest BCUT2D eigenvalue weighted by atomic mass is 9.84. The van der Waals surface area contributed by atoms with E-state index in [1.165, 1.54) is 23.1 Å². The molecule has 2 fully saturated rings. The number of nitrogens with zero attached hydrogens (tertiary/aromatic N) is 2. The first kappa shape index (κ1) is 45.1. The van der Waals surface area contributed by atoms with Crippen molar-refractivity contribution >= 4 is 41.2 Å². The van der Waals surface area contributed by atoms with E-state index in [1.54, 1.807) is 65.2 Å². The molecule has 0 bridgehead atoms. The van der Waals surface area contributed by atoms with E-state index in [4.69, 9.17) is 4.74 Å². The Labute approximate surface area is 316 Å².